The Balaban J connectivity index is 1.10. The molecule has 0 spiro atoms. The van der Waals surface area contributed by atoms with Crippen LogP contribution in [0.4, 0.5) is 34.1 Å². The molecule has 0 unspecified atom stereocenters. The number of nitrogens with zero attached hydrogens (tertiary/aromatic N) is 6. The maximum absolute atomic E-state index is 11.7. The van der Waals surface area contributed by atoms with Gasteiger partial charge in [-0.05, 0) is 180 Å². The Bertz CT molecular complexity index is 6800. The van der Waals surface area contributed by atoms with E-state index in [-0.39, 0.29) is 93.9 Å². The number of anilines is 6. The Morgan fingerprint density at radius 1 is 0.337 bits per heavy atom. The number of benzene rings is 13. The van der Waals surface area contributed by atoms with Crippen molar-refractivity contribution < 1.29 is 27.4 Å². The molecule has 2 aliphatic rings. The third-order valence-electron chi connectivity index (χ3n) is 18.3. The van der Waals surface area contributed by atoms with E-state index in [2.05, 4.69) is 71.9 Å². The first-order valence-corrected chi connectivity index (χ1v) is 31.1. The highest BCUT2D eigenvalue weighted by Gasteiger charge is 2.45. The van der Waals surface area contributed by atoms with Crippen LogP contribution in [0.15, 0.2) is 285 Å². The molecule has 15 aromatic rings. The molecular formula is C88H65BN6. The van der Waals surface area contributed by atoms with Crippen molar-refractivity contribution in [1.82, 2.24) is 9.13 Å². The van der Waals surface area contributed by atoms with Gasteiger partial charge in [0.25, 0.3) is 6.71 Å². The number of para-hydroxylation sites is 3. The molecule has 17 rings (SSSR count). The molecule has 0 amide bonds. The predicted molar refractivity (Wildman–Crippen MR) is 398 cm³/mol. The first-order chi connectivity index (χ1) is 54.6. The van der Waals surface area contributed by atoms with E-state index in [0.29, 0.717) is 44.7 Å². The van der Waals surface area contributed by atoms with Gasteiger partial charge < -0.3 is 18.9 Å². The van der Waals surface area contributed by atoms with E-state index in [0.717, 1.165) is 38.9 Å². The lowest BCUT2D eigenvalue weighted by atomic mass is 9.33. The highest BCUT2D eigenvalue weighted by atomic mass is 15.2. The number of rotatable bonds is 8. The van der Waals surface area contributed by atoms with Crippen LogP contribution in [-0.4, -0.2) is 15.8 Å². The van der Waals surface area contributed by atoms with E-state index in [1.54, 1.807) is 36.4 Å². The average Bonchev–Trinajstić information content (AvgIpc) is 1.68. The minimum absolute atomic E-state index is 0.00125. The van der Waals surface area contributed by atoms with Gasteiger partial charge in [-0.3, -0.25) is 0 Å². The molecule has 0 N–H and O–H groups in total. The maximum Gasteiger partial charge on any atom is 0.252 e. The molecule has 0 atom stereocenters. The first kappa shape index (κ1) is 39.5. The van der Waals surface area contributed by atoms with Gasteiger partial charge in [0, 0.05) is 61.4 Å². The fourth-order valence-electron chi connectivity index (χ4n) is 13.8. The molecule has 450 valence electrons. The van der Waals surface area contributed by atoms with Gasteiger partial charge in [0.15, 0.2) is 0 Å². The molecule has 0 radical (unpaired) electrons. The Labute approximate surface area is 582 Å². The summed E-state index contributed by atoms with van der Waals surface area (Å²) in [7, 11) is 0. The van der Waals surface area contributed by atoms with E-state index in [4.69, 9.17) is 9.60 Å². The summed E-state index contributed by atoms with van der Waals surface area (Å²) < 4.78 is 191. The molecule has 0 saturated carbocycles. The second kappa shape index (κ2) is 21.9. The molecule has 2 aromatic heterocycles. The van der Waals surface area contributed by atoms with Crippen molar-refractivity contribution in [3.63, 3.8) is 0 Å². The molecule has 2 aliphatic heterocycles. The standard InChI is InChI=1S/C88H65BN6/c1-87(2,3)66-44-65(45-67(50-66)88(4,5)6)62-36-38-77-83(49-62)94(69-41-57(55-91)40-68(51-69)92-80-33-21-18-30-74(80)75-42-56(54-90)34-39-81(75)92)84-52-71(93-78-31-19-16-28-72(78)73-29-17-20-32-79(73)93)53-85-86(84)89(77)76-37-35-61(58-22-10-7-11-23-58)48-82(76)95(85)70-46-63(59-24-12-8-13-25-59)43-64(47-70)60-26-14-9-15-27-60/h7-53H,1-6H3/i7D,10D,11D,16D,17D,18D,19D,20D,21D,22D,23D,28D,29D,30D,31D,32D,33D,34D,39D,42D. The van der Waals surface area contributed by atoms with Gasteiger partial charge in [0.2, 0.25) is 0 Å². The molecule has 0 fully saturated rings. The molecular weight excluding hydrogens is 1150 g/mol. The summed E-state index contributed by atoms with van der Waals surface area (Å²) in [6, 6.07) is 43.5. The highest BCUT2D eigenvalue weighted by Crippen LogP contribution is 2.50. The molecule has 4 heterocycles. The third-order valence-corrected chi connectivity index (χ3v) is 18.3. The zero-order chi connectivity index (χ0) is 81.8. The van der Waals surface area contributed by atoms with Gasteiger partial charge in [-0.25, -0.2) is 0 Å². The zero-order valence-corrected chi connectivity index (χ0v) is 52.3. The first-order valence-electron chi connectivity index (χ1n) is 41.1. The minimum atomic E-state index is -0.901. The molecule has 0 saturated heterocycles. The van der Waals surface area contributed by atoms with E-state index < -0.39 is 133 Å². The van der Waals surface area contributed by atoms with Gasteiger partial charge in [-0.2, -0.15) is 10.5 Å². The quantitative estimate of drug-likeness (QED) is 0.142. The normalized spacial score (nSPS) is 15.6. The van der Waals surface area contributed by atoms with E-state index in [9.17, 15) is 28.3 Å². The number of hydrogen-bond acceptors (Lipinski definition) is 4. The predicted octanol–water partition coefficient (Wildman–Crippen LogP) is 21.0. The van der Waals surface area contributed by atoms with Crippen molar-refractivity contribution in [3.8, 4) is 68.0 Å². The Kier molecular flexibility index (Phi) is 9.10. The Morgan fingerprint density at radius 2 is 0.779 bits per heavy atom. The van der Waals surface area contributed by atoms with Gasteiger partial charge in [0.05, 0.1) is 78.4 Å². The fraction of sp³-hybridized carbons (Fsp3) is 0.0909. The van der Waals surface area contributed by atoms with Gasteiger partial charge in [-0.15, -0.1) is 0 Å². The second-order valence-electron chi connectivity index (χ2n) is 26.1. The number of hydrogen-bond donors (Lipinski definition) is 0. The summed E-state index contributed by atoms with van der Waals surface area (Å²) >= 11 is 0. The van der Waals surface area contributed by atoms with Crippen molar-refractivity contribution in [3.05, 3.63) is 307 Å². The Hall–Kier alpha value is -11.9. The summed E-state index contributed by atoms with van der Waals surface area (Å²) in [6.45, 7) is 11.9. The van der Waals surface area contributed by atoms with Crippen LogP contribution in [0.3, 0.4) is 0 Å². The van der Waals surface area contributed by atoms with Crippen molar-refractivity contribution in [2.24, 2.45) is 0 Å². The van der Waals surface area contributed by atoms with E-state index in [1.165, 1.54) is 15.2 Å². The van der Waals surface area contributed by atoms with Gasteiger partial charge in [0.1, 0.15) is 0 Å². The largest absolute Gasteiger partial charge is 0.311 e. The highest BCUT2D eigenvalue weighted by molar-refractivity contribution is 7.00. The topological polar surface area (TPSA) is 63.9 Å². The van der Waals surface area contributed by atoms with Gasteiger partial charge >= 0.3 is 0 Å². The van der Waals surface area contributed by atoms with E-state index in [1.807, 2.05) is 113 Å². The van der Waals surface area contributed by atoms with Crippen LogP contribution in [0.1, 0.15) is 91.2 Å². The summed E-state index contributed by atoms with van der Waals surface area (Å²) in [5, 5.41) is 21.3. The van der Waals surface area contributed by atoms with Crippen LogP contribution in [-0.2, 0) is 10.8 Å². The summed E-state index contributed by atoms with van der Waals surface area (Å²) in [5.41, 5.74) is 8.47. The van der Waals surface area contributed by atoms with E-state index >= 15 is 0 Å². The summed E-state index contributed by atoms with van der Waals surface area (Å²) in [5.74, 6) is 0. The molecule has 6 nitrogen and oxygen atoms in total. The molecule has 13 aromatic carbocycles. The third kappa shape index (κ3) is 9.45. The zero-order valence-electron chi connectivity index (χ0n) is 72.3. The maximum atomic E-state index is 11.7. The number of aromatic nitrogens is 2. The Morgan fingerprint density at radius 3 is 1.29 bits per heavy atom. The number of nitriles is 2. The van der Waals surface area contributed by atoms with Crippen molar-refractivity contribution in [2.45, 2.75) is 52.4 Å². The average molecular weight is 1240 g/mol. The summed E-state index contributed by atoms with van der Waals surface area (Å²) in [4.78, 5) is 3.86. The SMILES string of the molecule is [2H]c1c([2H])c([2H])c(-c2ccc3c(c2)N(c2cc(-c4ccccc4)cc(-c4ccccc4)c2)c2cc(-n4c5c([2H])c([2H])c([2H])c([2H])c5c5c([2H])c([2H])c([2H])c([2H])c54)cc4c2B3c2ccc(-c3cc(C(C)(C)C)cc(C(C)(C)C)c3)cc2N4c2cc(C#N)cc(-n3c4c([2H])c([2H])c([2H])c([2H])c4c4c([2H])c(C#N)c([2H])c([2H])c43)c2)c([2H])c1[2H]. The van der Waals surface area contributed by atoms with Crippen LogP contribution in [0, 0.1) is 22.7 Å². The molecule has 95 heavy (non-hydrogen) atoms. The van der Waals surface area contributed by atoms with Crippen molar-refractivity contribution >= 4 is 101 Å². The second-order valence-corrected chi connectivity index (χ2v) is 26.1. The van der Waals surface area contributed by atoms with Crippen LogP contribution in [0.2, 0.25) is 0 Å². The number of fused-ring (bicyclic) bond motifs is 10. The smallest absolute Gasteiger partial charge is 0.252 e. The van der Waals surface area contributed by atoms with Crippen LogP contribution in [0.25, 0.3) is 99.5 Å². The lowest BCUT2D eigenvalue weighted by molar-refractivity contribution is 0.569. The summed E-state index contributed by atoms with van der Waals surface area (Å²) in [6.07, 6.45) is 0. The molecule has 0 bridgehead atoms. The lowest BCUT2D eigenvalue weighted by Gasteiger charge is -2.45. The minimum Gasteiger partial charge on any atom is -0.311 e. The monoisotopic (exact) mass is 1240 g/mol. The molecule has 7 heteroatoms. The molecule has 0 aliphatic carbocycles. The van der Waals surface area contributed by atoms with Gasteiger partial charge in [-0.1, -0.05) is 229 Å². The van der Waals surface area contributed by atoms with Crippen molar-refractivity contribution in [1.29, 1.82) is 10.5 Å². The van der Waals surface area contributed by atoms with Crippen LogP contribution >= 0.6 is 0 Å². The van der Waals surface area contributed by atoms with Crippen LogP contribution in [0.5, 0.6) is 0 Å². The van der Waals surface area contributed by atoms with Crippen molar-refractivity contribution in [2.75, 3.05) is 9.80 Å². The lowest BCUT2D eigenvalue weighted by Crippen LogP contribution is -2.61. The van der Waals surface area contributed by atoms with Crippen LogP contribution < -0.4 is 26.2 Å². The fourth-order valence-corrected chi connectivity index (χ4v) is 13.8.